The maximum absolute atomic E-state index is 12.3. The lowest BCUT2D eigenvalue weighted by Crippen LogP contribution is -2.51. The van der Waals surface area contributed by atoms with Gasteiger partial charge in [0.1, 0.15) is 11.1 Å². The van der Waals surface area contributed by atoms with Crippen LogP contribution in [0.25, 0.3) is 11.1 Å². The van der Waals surface area contributed by atoms with Gasteiger partial charge in [0.05, 0.1) is 11.9 Å². The van der Waals surface area contributed by atoms with Crippen LogP contribution in [0.1, 0.15) is 16.1 Å². The molecule has 1 fully saturated rings. The number of rotatable bonds is 2. The standard InChI is InChI=1S/C12H13N3O4/c1-6-8(12(18)15-2-7(3-15)4-16)9-10(17)13-5-14-11(9)19-6/h5,7,16H,2-4H2,1H3,(H,13,14,17). The maximum atomic E-state index is 12.3. The van der Waals surface area contributed by atoms with Crippen LogP contribution in [0.15, 0.2) is 15.5 Å². The number of hydrogen-bond donors (Lipinski definition) is 2. The highest BCUT2D eigenvalue weighted by molar-refractivity contribution is 6.06. The maximum Gasteiger partial charge on any atom is 0.262 e. The molecule has 0 aliphatic carbocycles. The molecule has 7 nitrogen and oxygen atoms in total. The van der Waals surface area contributed by atoms with Gasteiger partial charge in [-0.1, -0.05) is 0 Å². The van der Waals surface area contributed by atoms with Crippen molar-refractivity contribution in [2.75, 3.05) is 19.7 Å². The van der Waals surface area contributed by atoms with Gasteiger partial charge in [-0.3, -0.25) is 9.59 Å². The molecule has 1 aliphatic rings. The summed E-state index contributed by atoms with van der Waals surface area (Å²) >= 11 is 0. The minimum atomic E-state index is -0.385. The van der Waals surface area contributed by atoms with Crippen molar-refractivity contribution < 1.29 is 14.3 Å². The van der Waals surface area contributed by atoms with E-state index in [9.17, 15) is 9.59 Å². The van der Waals surface area contributed by atoms with Gasteiger partial charge in [-0.05, 0) is 6.92 Å². The summed E-state index contributed by atoms with van der Waals surface area (Å²) in [6.45, 7) is 2.70. The van der Waals surface area contributed by atoms with Gasteiger partial charge in [0.15, 0.2) is 0 Å². The van der Waals surface area contributed by atoms with Crippen molar-refractivity contribution >= 4 is 17.0 Å². The van der Waals surface area contributed by atoms with E-state index in [1.807, 2.05) is 0 Å². The topological polar surface area (TPSA) is 99.4 Å². The first-order valence-corrected chi connectivity index (χ1v) is 5.98. The van der Waals surface area contributed by atoms with Gasteiger partial charge in [-0.15, -0.1) is 0 Å². The zero-order valence-corrected chi connectivity index (χ0v) is 10.3. The molecule has 0 saturated carbocycles. The van der Waals surface area contributed by atoms with Gasteiger partial charge in [0, 0.05) is 25.6 Å². The number of fused-ring (bicyclic) bond motifs is 1. The van der Waals surface area contributed by atoms with Crippen molar-refractivity contribution in [3.05, 3.63) is 28.0 Å². The molecule has 2 aromatic rings. The molecule has 1 amide bonds. The average molecular weight is 263 g/mol. The number of aliphatic hydroxyl groups excluding tert-OH is 1. The number of furan rings is 1. The Bertz CT molecular complexity index is 697. The second-order valence-corrected chi connectivity index (χ2v) is 4.70. The summed E-state index contributed by atoms with van der Waals surface area (Å²) in [5, 5.41) is 9.16. The third kappa shape index (κ3) is 1.74. The first-order chi connectivity index (χ1) is 9.11. The number of H-pyrrole nitrogens is 1. The minimum Gasteiger partial charge on any atom is -0.442 e. The van der Waals surface area contributed by atoms with E-state index >= 15 is 0 Å². The van der Waals surface area contributed by atoms with Gasteiger partial charge in [-0.25, -0.2) is 4.98 Å². The van der Waals surface area contributed by atoms with E-state index in [-0.39, 0.29) is 40.7 Å². The molecule has 7 heteroatoms. The van der Waals surface area contributed by atoms with Crippen molar-refractivity contribution in [3.63, 3.8) is 0 Å². The van der Waals surface area contributed by atoms with E-state index in [4.69, 9.17) is 9.52 Å². The Labute approximate surface area is 107 Å². The Morgan fingerprint density at radius 2 is 2.37 bits per heavy atom. The van der Waals surface area contributed by atoms with Crippen molar-refractivity contribution in [1.29, 1.82) is 0 Å². The largest absolute Gasteiger partial charge is 0.442 e. The van der Waals surface area contributed by atoms with E-state index < -0.39 is 0 Å². The molecule has 1 saturated heterocycles. The molecule has 3 heterocycles. The van der Waals surface area contributed by atoms with Crippen LogP contribution in [0.3, 0.4) is 0 Å². The summed E-state index contributed by atoms with van der Waals surface area (Å²) in [7, 11) is 0. The highest BCUT2D eigenvalue weighted by Gasteiger charge is 2.34. The number of carbonyl (C=O) groups excluding carboxylic acids is 1. The van der Waals surface area contributed by atoms with E-state index in [1.165, 1.54) is 6.33 Å². The summed E-state index contributed by atoms with van der Waals surface area (Å²) in [5.74, 6) is 0.259. The number of nitrogens with one attached hydrogen (secondary N) is 1. The first-order valence-electron chi connectivity index (χ1n) is 5.98. The molecule has 0 aromatic carbocycles. The van der Waals surface area contributed by atoms with Crippen molar-refractivity contribution in [1.82, 2.24) is 14.9 Å². The second kappa shape index (κ2) is 4.20. The number of nitrogens with zero attached hydrogens (tertiary/aromatic N) is 2. The fraction of sp³-hybridized carbons (Fsp3) is 0.417. The van der Waals surface area contributed by atoms with Crippen molar-refractivity contribution in [2.45, 2.75) is 6.92 Å². The molecule has 0 atom stereocenters. The van der Waals surface area contributed by atoms with Crippen LogP contribution in [0.2, 0.25) is 0 Å². The van der Waals surface area contributed by atoms with Gasteiger partial charge >= 0.3 is 0 Å². The normalized spacial score (nSPS) is 15.8. The second-order valence-electron chi connectivity index (χ2n) is 4.70. The molecular weight excluding hydrogens is 250 g/mol. The average Bonchev–Trinajstić information content (AvgIpc) is 2.65. The lowest BCUT2D eigenvalue weighted by atomic mass is 9.99. The van der Waals surface area contributed by atoms with Crippen LogP contribution in [0.4, 0.5) is 0 Å². The third-order valence-corrected chi connectivity index (χ3v) is 3.39. The van der Waals surface area contributed by atoms with Crippen LogP contribution in [0.5, 0.6) is 0 Å². The molecule has 3 rings (SSSR count). The predicted octanol–water partition coefficient (Wildman–Crippen LogP) is -0.111. The van der Waals surface area contributed by atoms with Crippen LogP contribution in [0, 0.1) is 12.8 Å². The lowest BCUT2D eigenvalue weighted by Gasteiger charge is -2.38. The Morgan fingerprint density at radius 1 is 1.63 bits per heavy atom. The number of aromatic nitrogens is 2. The molecule has 2 aromatic heterocycles. The summed E-state index contributed by atoms with van der Waals surface area (Å²) < 4.78 is 5.34. The highest BCUT2D eigenvalue weighted by Crippen LogP contribution is 2.25. The number of amides is 1. The van der Waals surface area contributed by atoms with E-state index in [2.05, 4.69) is 9.97 Å². The molecule has 19 heavy (non-hydrogen) atoms. The Morgan fingerprint density at radius 3 is 3.05 bits per heavy atom. The number of likely N-dealkylation sites (tertiary alicyclic amines) is 1. The van der Waals surface area contributed by atoms with Crippen LogP contribution in [-0.2, 0) is 0 Å². The number of carbonyl (C=O) groups is 1. The van der Waals surface area contributed by atoms with E-state index in [1.54, 1.807) is 11.8 Å². The first kappa shape index (κ1) is 11.9. The monoisotopic (exact) mass is 263 g/mol. The fourth-order valence-electron chi connectivity index (χ4n) is 2.32. The summed E-state index contributed by atoms with van der Waals surface area (Å²) in [6.07, 6.45) is 1.24. The van der Waals surface area contributed by atoms with Crippen molar-refractivity contribution in [2.24, 2.45) is 5.92 Å². The van der Waals surface area contributed by atoms with Gasteiger partial charge in [0.25, 0.3) is 11.5 Å². The molecule has 0 radical (unpaired) electrons. The highest BCUT2D eigenvalue weighted by atomic mass is 16.3. The summed E-state index contributed by atoms with van der Waals surface area (Å²) in [5.41, 5.74) is 0.0500. The number of hydrogen-bond acceptors (Lipinski definition) is 5. The quantitative estimate of drug-likeness (QED) is 0.787. The molecule has 0 bridgehead atoms. The Balaban J connectivity index is 2.03. The molecule has 2 N–H and O–H groups in total. The number of aliphatic hydroxyl groups is 1. The predicted molar refractivity (Wildman–Crippen MR) is 65.8 cm³/mol. The summed E-state index contributed by atoms with van der Waals surface area (Å²) in [4.78, 5) is 32.1. The molecule has 100 valence electrons. The van der Waals surface area contributed by atoms with Gasteiger partial charge < -0.3 is 19.4 Å². The van der Waals surface area contributed by atoms with E-state index in [0.29, 0.717) is 18.8 Å². The fourth-order valence-corrected chi connectivity index (χ4v) is 2.32. The number of aromatic amines is 1. The molecule has 0 spiro atoms. The molecule has 0 unspecified atom stereocenters. The van der Waals surface area contributed by atoms with Crippen LogP contribution >= 0.6 is 0 Å². The van der Waals surface area contributed by atoms with Gasteiger partial charge in [0.2, 0.25) is 5.71 Å². The molecule has 1 aliphatic heterocycles. The Hall–Kier alpha value is -2.15. The number of aryl methyl sites for hydroxylation is 1. The van der Waals surface area contributed by atoms with Crippen LogP contribution in [-0.4, -0.2) is 45.6 Å². The van der Waals surface area contributed by atoms with Crippen LogP contribution < -0.4 is 5.56 Å². The molecular formula is C12H13N3O4. The smallest absolute Gasteiger partial charge is 0.262 e. The van der Waals surface area contributed by atoms with Crippen molar-refractivity contribution in [3.8, 4) is 0 Å². The zero-order valence-electron chi connectivity index (χ0n) is 10.3. The van der Waals surface area contributed by atoms with Gasteiger partial charge in [-0.2, -0.15) is 0 Å². The lowest BCUT2D eigenvalue weighted by molar-refractivity contribution is 0.0362. The third-order valence-electron chi connectivity index (χ3n) is 3.39. The minimum absolute atomic E-state index is 0.0665. The Kier molecular flexibility index (Phi) is 2.63. The SMILES string of the molecule is Cc1oc2nc[nH]c(=O)c2c1C(=O)N1CC(CO)C1. The van der Waals surface area contributed by atoms with E-state index in [0.717, 1.165) is 0 Å². The summed E-state index contributed by atoms with van der Waals surface area (Å²) in [6, 6.07) is 0. The zero-order chi connectivity index (χ0) is 13.6.